The van der Waals surface area contributed by atoms with Gasteiger partial charge in [0.1, 0.15) is 18.0 Å². The van der Waals surface area contributed by atoms with Crippen LogP contribution in [0.3, 0.4) is 0 Å². The highest BCUT2D eigenvalue weighted by molar-refractivity contribution is 5.75. The van der Waals surface area contributed by atoms with Crippen LogP contribution in [-0.2, 0) is 4.79 Å². The Kier molecular flexibility index (Phi) is 3.41. The van der Waals surface area contributed by atoms with Gasteiger partial charge in [-0.3, -0.25) is 4.79 Å². The first-order chi connectivity index (χ1) is 8.20. The number of nitrogens with zero attached hydrogens (tertiary/aromatic N) is 2. The van der Waals surface area contributed by atoms with E-state index in [0.717, 1.165) is 18.8 Å². The van der Waals surface area contributed by atoms with Crippen LogP contribution in [0.4, 0.5) is 11.6 Å². The molecule has 6 heteroatoms. The van der Waals surface area contributed by atoms with Crippen LogP contribution >= 0.6 is 0 Å². The number of carbonyl (C=O) groups is 1. The molecule has 1 fully saturated rings. The topological polar surface area (TPSA) is 87.1 Å². The lowest BCUT2D eigenvalue weighted by Gasteiger charge is -2.07. The van der Waals surface area contributed by atoms with Gasteiger partial charge >= 0.3 is 5.97 Å². The van der Waals surface area contributed by atoms with Crippen LogP contribution in [0.2, 0.25) is 0 Å². The number of hydrogen-bond acceptors (Lipinski definition) is 5. The Morgan fingerprint density at radius 2 is 2.29 bits per heavy atom. The molecule has 0 amide bonds. The van der Waals surface area contributed by atoms with Crippen molar-refractivity contribution in [3.05, 3.63) is 12.4 Å². The molecule has 6 nitrogen and oxygen atoms in total. The van der Waals surface area contributed by atoms with Gasteiger partial charge in [0.2, 0.25) is 0 Å². The van der Waals surface area contributed by atoms with Crippen molar-refractivity contribution >= 4 is 17.6 Å². The van der Waals surface area contributed by atoms with Gasteiger partial charge < -0.3 is 15.7 Å². The van der Waals surface area contributed by atoms with Gasteiger partial charge in [0.05, 0.1) is 5.92 Å². The Balaban J connectivity index is 1.91. The summed E-state index contributed by atoms with van der Waals surface area (Å²) in [5.74, 6) is 0.405. The molecule has 1 saturated carbocycles. The lowest BCUT2D eigenvalue weighted by Crippen LogP contribution is -2.11. The predicted molar refractivity (Wildman–Crippen MR) is 64.0 cm³/mol. The molecule has 0 bridgehead atoms. The van der Waals surface area contributed by atoms with E-state index in [1.807, 2.05) is 0 Å². The van der Waals surface area contributed by atoms with E-state index in [-0.39, 0.29) is 12.0 Å². The summed E-state index contributed by atoms with van der Waals surface area (Å²) < 4.78 is 0. The molecule has 1 aromatic rings. The fraction of sp³-hybridized carbons (Fsp3) is 0.545. The summed E-state index contributed by atoms with van der Waals surface area (Å²) in [6.45, 7) is 2.94. The number of aliphatic carboxylic acids is 1. The van der Waals surface area contributed by atoms with Crippen LogP contribution in [0.15, 0.2) is 12.4 Å². The summed E-state index contributed by atoms with van der Waals surface area (Å²) in [6.07, 6.45) is 3.16. The summed E-state index contributed by atoms with van der Waals surface area (Å²) in [7, 11) is 0. The lowest BCUT2D eigenvalue weighted by atomic mass is 10.4. The molecular weight excluding hydrogens is 220 g/mol. The van der Waals surface area contributed by atoms with Crippen molar-refractivity contribution in [3.8, 4) is 0 Å². The smallest absolute Gasteiger partial charge is 0.308 e. The zero-order valence-corrected chi connectivity index (χ0v) is 9.68. The first-order valence-electron chi connectivity index (χ1n) is 5.76. The molecule has 92 valence electrons. The molecule has 0 saturated heterocycles. The van der Waals surface area contributed by atoms with Crippen LogP contribution in [0.1, 0.15) is 19.8 Å². The van der Waals surface area contributed by atoms with Gasteiger partial charge in [-0.2, -0.15) is 0 Å². The van der Waals surface area contributed by atoms with Gasteiger partial charge in [0, 0.05) is 18.7 Å². The molecule has 0 radical (unpaired) electrons. The third-order valence-electron chi connectivity index (χ3n) is 2.66. The molecule has 1 aromatic heterocycles. The molecule has 0 spiro atoms. The average Bonchev–Trinajstić information content (AvgIpc) is 3.06. The number of aromatic nitrogens is 2. The van der Waals surface area contributed by atoms with Gasteiger partial charge in [0.25, 0.3) is 0 Å². The van der Waals surface area contributed by atoms with Gasteiger partial charge in [-0.05, 0) is 12.8 Å². The van der Waals surface area contributed by atoms with E-state index < -0.39 is 5.97 Å². The molecule has 17 heavy (non-hydrogen) atoms. The van der Waals surface area contributed by atoms with Crippen molar-refractivity contribution in [2.45, 2.75) is 25.8 Å². The summed E-state index contributed by atoms with van der Waals surface area (Å²) in [4.78, 5) is 18.8. The van der Waals surface area contributed by atoms with Gasteiger partial charge in [-0.25, -0.2) is 9.97 Å². The highest BCUT2D eigenvalue weighted by atomic mass is 16.4. The third kappa shape index (κ3) is 3.05. The largest absolute Gasteiger partial charge is 0.481 e. The van der Waals surface area contributed by atoms with Gasteiger partial charge in [-0.1, -0.05) is 6.92 Å². The standard InChI is InChI=1S/C11H16N4O2/c1-2-3-12-9-5-10(14-6-13-9)15-8-4-7(8)11(16)17/h5-8H,2-4H2,1H3,(H,16,17)(H2,12,13,14,15). The predicted octanol–water partition coefficient (Wildman–Crippen LogP) is 1.18. The van der Waals surface area contributed by atoms with Crippen LogP contribution in [0, 0.1) is 5.92 Å². The van der Waals surface area contributed by atoms with E-state index in [1.165, 1.54) is 6.33 Å². The molecule has 2 atom stereocenters. The molecule has 3 N–H and O–H groups in total. The number of carboxylic acid groups (broad SMARTS) is 1. The maximum absolute atomic E-state index is 10.7. The minimum absolute atomic E-state index is 0.00132. The van der Waals surface area contributed by atoms with E-state index >= 15 is 0 Å². The van der Waals surface area contributed by atoms with Crippen molar-refractivity contribution in [1.29, 1.82) is 0 Å². The number of anilines is 2. The van der Waals surface area contributed by atoms with E-state index in [1.54, 1.807) is 6.07 Å². The van der Waals surface area contributed by atoms with Crippen molar-refractivity contribution in [2.75, 3.05) is 17.2 Å². The number of nitrogens with one attached hydrogen (secondary N) is 2. The fourth-order valence-electron chi connectivity index (χ4n) is 1.60. The highest BCUT2D eigenvalue weighted by Crippen LogP contribution is 2.33. The second kappa shape index (κ2) is 4.99. The quantitative estimate of drug-likeness (QED) is 0.687. The van der Waals surface area contributed by atoms with E-state index in [2.05, 4.69) is 27.5 Å². The molecule has 2 unspecified atom stereocenters. The summed E-state index contributed by atoms with van der Waals surface area (Å²) in [6, 6.07) is 1.80. The Bertz CT molecular complexity index is 410. The minimum atomic E-state index is -0.749. The normalized spacial score (nSPS) is 21.9. The molecule has 1 aliphatic rings. The Morgan fingerprint density at radius 1 is 1.53 bits per heavy atom. The lowest BCUT2D eigenvalue weighted by molar-refractivity contribution is -0.138. The number of carboxylic acids is 1. The number of hydrogen-bond donors (Lipinski definition) is 3. The average molecular weight is 236 g/mol. The zero-order valence-electron chi connectivity index (χ0n) is 9.68. The Labute approximate surface area is 99.5 Å². The summed E-state index contributed by atoms with van der Waals surface area (Å²) in [5, 5.41) is 15.0. The first kappa shape index (κ1) is 11.6. The molecule has 1 aliphatic carbocycles. The van der Waals surface area contributed by atoms with Crippen molar-refractivity contribution in [2.24, 2.45) is 5.92 Å². The van der Waals surface area contributed by atoms with Crippen molar-refractivity contribution in [1.82, 2.24) is 9.97 Å². The van der Waals surface area contributed by atoms with Crippen LogP contribution < -0.4 is 10.6 Å². The molecule has 1 heterocycles. The van der Waals surface area contributed by atoms with Crippen LogP contribution in [0.5, 0.6) is 0 Å². The third-order valence-corrected chi connectivity index (χ3v) is 2.66. The molecule has 0 aliphatic heterocycles. The van der Waals surface area contributed by atoms with Gasteiger partial charge in [0.15, 0.2) is 0 Å². The van der Waals surface area contributed by atoms with Crippen LogP contribution in [0.25, 0.3) is 0 Å². The zero-order chi connectivity index (χ0) is 12.3. The Morgan fingerprint density at radius 3 is 2.94 bits per heavy atom. The summed E-state index contributed by atoms with van der Waals surface area (Å²) in [5.41, 5.74) is 0. The second-order valence-corrected chi connectivity index (χ2v) is 4.15. The van der Waals surface area contributed by atoms with E-state index in [0.29, 0.717) is 12.2 Å². The van der Waals surface area contributed by atoms with Crippen molar-refractivity contribution < 1.29 is 9.90 Å². The minimum Gasteiger partial charge on any atom is -0.481 e. The SMILES string of the molecule is CCCNc1cc(NC2CC2C(=O)O)ncn1. The maximum atomic E-state index is 10.7. The van der Waals surface area contributed by atoms with E-state index in [4.69, 9.17) is 5.11 Å². The Hall–Kier alpha value is -1.85. The molecule has 2 rings (SSSR count). The highest BCUT2D eigenvalue weighted by Gasteiger charge is 2.43. The fourth-order valence-corrected chi connectivity index (χ4v) is 1.60. The number of rotatable bonds is 6. The van der Waals surface area contributed by atoms with Gasteiger partial charge in [-0.15, -0.1) is 0 Å². The molecule has 0 aromatic carbocycles. The molecular formula is C11H16N4O2. The monoisotopic (exact) mass is 236 g/mol. The maximum Gasteiger partial charge on any atom is 0.308 e. The summed E-state index contributed by atoms with van der Waals surface area (Å²) >= 11 is 0. The van der Waals surface area contributed by atoms with Crippen LogP contribution in [-0.4, -0.2) is 33.6 Å². The second-order valence-electron chi connectivity index (χ2n) is 4.15. The van der Waals surface area contributed by atoms with E-state index in [9.17, 15) is 4.79 Å². The van der Waals surface area contributed by atoms with Crippen molar-refractivity contribution in [3.63, 3.8) is 0 Å². The first-order valence-corrected chi connectivity index (χ1v) is 5.76.